The Morgan fingerprint density at radius 1 is 0.971 bits per heavy atom. The van der Waals surface area contributed by atoms with Crippen LogP contribution in [0.4, 0.5) is 5.69 Å². The zero-order chi connectivity index (χ0) is 24.9. The first kappa shape index (κ1) is 25.6. The number of hydrogen-bond donors (Lipinski definition) is 1. The molecule has 182 valence electrons. The first-order valence-corrected chi connectivity index (χ1v) is 12.9. The number of piperidine rings is 1. The van der Waals surface area contributed by atoms with Crippen LogP contribution in [0.2, 0.25) is 0 Å². The van der Waals surface area contributed by atoms with Crippen molar-refractivity contribution in [2.45, 2.75) is 38.5 Å². The van der Waals surface area contributed by atoms with E-state index in [4.69, 9.17) is 0 Å². The van der Waals surface area contributed by atoms with Crippen LogP contribution in [0.5, 0.6) is 0 Å². The molecule has 0 atom stereocenters. The lowest BCUT2D eigenvalue weighted by Crippen LogP contribution is -2.41. The van der Waals surface area contributed by atoms with Gasteiger partial charge in [-0.25, -0.2) is 8.42 Å². The van der Waals surface area contributed by atoms with Gasteiger partial charge in [0.2, 0.25) is 15.9 Å². The molecule has 1 heterocycles. The summed E-state index contributed by atoms with van der Waals surface area (Å²) in [6.07, 6.45) is 0.795. The Morgan fingerprint density at radius 3 is 2.15 bits per heavy atom. The van der Waals surface area contributed by atoms with E-state index in [2.05, 4.69) is 5.32 Å². The molecule has 0 radical (unpaired) electrons. The van der Waals surface area contributed by atoms with Crippen molar-refractivity contribution in [3.05, 3.63) is 59.7 Å². The van der Waals surface area contributed by atoms with Crippen molar-refractivity contribution in [1.29, 1.82) is 0 Å². The summed E-state index contributed by atoms with van der Waals surface area (Å²) in [5.41, 5.74) is 1.51. The molecule has 0 spiro atoms. The van der Waals surface area contributed by atoms with Gasteiger partial charge in [0.15, 0.2) is 5.78 Å². The molecule has 0 aliphatic carbocycles. The molecule has 2 aromatic carbocycles. The molecule has 1 N–H and O–H groups in total. The second kappa shape index (κ2) is 10.9. The third-order valence-corrected chi connectivity index (χ3v) is 8.06. The third kappa shape index (κ3) is 5.71. The van der Waals surface area contributed by atoms with Gasteiger partial charge in [0.1, 0.15) is 0 Å². The van der Waals surface area contributed by atoms with Crippen molar-refractivity contribution >= 4 is 33.3 Å². The summed E-state index contributed by atoms with van der Waals surface area (Å²) in [6, 6.07) is 12.8. The molecule has 1 fully saturated rings. The summed E-state index contributed by atoms with van der Waals surface area (Å²) >= 11 is 0. The highest BCUT2D eigenvalue weighted by atomic mass is 32.2. The van der Waals surface area contributed by atoms with E-state index in [1.54, 1.807) is 29.2 Å². The molecule has 1 saturated heterocycles. The summed E-state index contributed by atoms with van der Waals surface area (Å²) in [6.45, 7) is 6.94. The SMILES string of the molecule is CCN(CC)C(=O)c1cccc(NC(=O)C2CCN(S(=O)(=O)c3ccc(C(C)=O)cc3)CC2)c1. The Labute approximate surface area is 201 Å². The minimum Gasteiger partial charge on any atom is -0.339 e. The van der Waals surface area contributed by atoms with E-state index in [0.717, 1.165) is 0 Å². The van der Waals surface area contributed by atoms with E-state index in [1.807, 2.05) is 13.8 Å². The average Bonchev–Trinajstić information content (AvgIpc) is 2.85. The number of rotatable bonds is 8. The van der Waals surface area contributed by atoms with E-state index in [0.29, 0.717) is 42.7 Å². The maximum atomic E-state index is 12.9. The highest BCUT2D eigenvalue weighted by molar-refractivity contribution is 7.89. The number of anilines is 1. The second-order valence-corrected chi connectivity index (χ2v) is 10.2. The van der Waals surface area contributed by atoms with E-state index in [-0.39, 0.29) is 41.5 Å². The molecule has 0 unspecified atom stereocenters. The molecule has 0 bridgehead atoms. The molecule has 1 aliphatic heterocycles. The number of carbonyl (C=O) groups excluding carboxylic acids is 3. The maximum Gasteiger partial charge on any atom is 0.253 e. The normalized spacial score (nSPS) is 15.0. The molecule has 2 aromatic rings. The van der Waals surface area contributed by atoms with Crippen LogP contribution < -0.4 is 5.32 Å². The first-order valence-electron chi connectivity index (χ1n) is 11.5. The lowest BCUT2D eigenvalue weighted by Gasteiger charge is -2.30. The first-order chi connectivity index (χ1) is 16.2. The van der Waals surface area contributed by atoms with Gasteiger partial charge in [-0.1, -0.05) is 18.2 Å². The van der Waals surface area contributed by atoms with Crippen molar-refractivity contribution in [1.82, 2.24) is 9.21 Å². The van der Waals surface area contributed by atoms with Gasteiger partial charge in [-0.05, 0) is 63.9 Å². The van der Waals surface area contributed by atoms with Crippen LogP contribution in [0.3, 0.4) is 0 Å². The van der Waals surface area contributed by atoms with E-state index < -0.39 is 10.0 Å². The van der Waals surface area contributed by atoms with Gasteiger partial charge in [-0.3, -0.25) is 14.4 Å². The fourth-order valence-electron chi connectivity index (χ4n) is 4.04. The number of sulfonamides is 1. The summed E-state index contributed by atoms with van der Waals surface area (Å²) in [5.74, 6) is -0.723. The van der Waals surface area contributed by atoms with Crippen molar-refractivity contribution in [2.75, 3.05) is 31.5 Å². The van der Waals surface area contributed by atoms with Crippen molar-refractivity contribution in [3.63, 3.8) is 0 Å². The topological polar surface area (TPSA) is 104 Å². The Hall–Kier alpha value is -3.04. The van der Waals surface area contributed by atoms with Crippen LogP contribution >= 0.6 is 0 Å². The van der Waals surface area contributed by atoms with Gasteiger partial charge < -0.3 is 10.2 Å². The van der Waals surface area contributed by atoms with Gasteiger partial charge >= 0.3 is 0 Å². The van der Waals surface area contributed by atoms with Crippen molar-refractivity contribution in [2.24, 2.45) is 5.92 Å². The molecule has 0 aromatic heterocycles. The molecule has 8 nitrogen and oxygen atoms in total. The zero-order valence-electron chi connectivity index (χ0n) is 19.8. The number of nitrogens with zero attached hydrogens (tertiary/aromatic N) is 2. The summed E-state index contributed by atoms with van der Waals surface area (Å²) in [4.78, 5) is 38.7. The molecule has 1 aliphatic rings. The lowest BCUT2D eigenvalue weighted by molar-refractivity contribution is -0.120. The number of carbonyl (C=O) groups is 3. The standard InChI is InChI=1S/C25H31N3O5S/c1-4-27(5-2)25(31)21-7-6-8-22(17-21)26-24(30)20-13-15-28(16-14-20)34(32,33)23-11-9-19(10-12-23)18(3)29/h6-12,17,20H,4-5,13-16H2,1-3H3,(H,26,30). The number of nitrogens with one attached hydrogen (secondary N) is 1. The van der Waals surface area contributed by atoms with E-state index >= 15 is 0 Å². The molecule has 0 saturated carbocycles. The third-order valence-electron chi connectivity index (χ3n) is 6.15. The summed E-state index contributed by atoms with van der Waals surface area (Å²) < 4.78 is 27.3. The van der Waals surface area contributed by atoms with Crippen LogP contribution in [0.25, 0.3) is 0 Å². The molecule has 2 amide bonds. The minimum atomic E-state index is -3.69. The predicted molar refractivity (Wildman–Crippen MR) is 130 cm³/mol. The molecule has 3 rings (SSSR count). The van der Waals surface area contributed by atoms with Crippen LogP contribution in [0.15, 0.2) is 53.4 Å². The van der Waals surface area contributed by atoms with Crippen molar-refractivity contribution in [3.8, 4) is 0 Å². The van der Waals surface area contributed by atoms with E-state index in [9.17, 15) is 22.8 Å². The van der Waals surface area contributed by atoms with Gasteiger partial charge in [-0.2, -0.15) is 4.31 Å². The van der Waals surface area contributed by atoms with Gasteiger partial charge in [0.05, 0.1) is 4.90 Å². The minimum absolute atomic E-state index is 0.0871. The zero-order valence-corrected chi connectivity index (χ0v) is 20.6. The largest absolute Gasteiger partial charge is 0.339 e. The van der Waals surface area contributed by atoms with Crippen LogP contribution in [0.1, 0.15) is 54.3 Å². The van der Waals surface area contributed by atoms with E-state index in [1.165, 1.54) is 35.5 Å². The number of hydrogen-bond acceptors (Lipinski definition) is 5. The molecular weight excluding hydrogens is 454 g/mol. The van der Waals surface area contributed by atoms with Crippen molar-refractivity contribution < 1.29 is 22.8 Å². The number of benzene rings is 2. The Kier molecular flexibility index (Phi) is 8.22. The summed E-state index contributed by atoms with van der Waals surface area (Å²) in [5, 5.41) is 2.87. The van der Waals surface area contributed by atoms with Crippen LogP contribution in [-0.4, -0.2) is 61.4 Å². The maximum absolute atomic E-state index is 12.9. The number of ketones is 1. The molecule has 34 heavy (non-hydrogen) atoms. The van der Waals surface area contributed by atoms with Gasteiger partial charge in [-0.15, -0.1) is 0 Å². The quantitative estimate of drug-likeness (QED) is 0.577. The van der Waals surface area contributed by atoms with Gasteiger partial charge in [0, 0.05) is 48.9 Å². The highest BCUT2D eigenvalue weighted by Crippen LogP contribution is 2.25. The number of amides is 2. The Balaban J connectivity index is 1.61. The Bertz CT molecular complexity index is 1150. The highest BCUT2D eigenvalue weighted by Gasteiger charge is 2.32. The molecule has 9 heteroatoms. The van der Waals surface area contributed by atoms with Crippen LogP contribution in [0, 0.1) is 5.92 Å². The lowest BCUT2D eigenvalue weighted by atomic mass is 9.97. The molecular formula is C25H31N3O5S. The Morgan fingerprint density at radius 2 is 1.59 bits per heavy atom. The smallest absolute Gasteiger partial charge is 0.253 e. The second-order valence-electron chi connectivity index (χ2n) is 8.31. The monoisotopic (exact) mass is 485 g/mol. The predicted octanol–water partition coefficient (Wildman–Crippen LogP) is 3.41. The fourth-order valence-corrected chi connectivity index (χ4v) is 5.51. The number of Topliss-reactive ketones (excluding diaryl/α,β-unsaturated/α-hetero) is 1. The van der Waals surface area contributed by atoms with Gasteiger partial charge in [0.25, 0.3) is 5.91 Å². The average molecular weight is 486 g/mol. The summed E-state index contributed by atoms with van der Waals surface area (Å²) in [7, 11) is -3.69. The van der Waals surface area contributed by atoms with Crippen LogP contribution in [-0.2, 0) is 14.8 Å². The fraction of sp³-hybridized carbons (Fsp3) is 0.400.